The lowest BCUT2D eigenvalue weighted by Gasteiger charge is -2.32. The molecule has 0 aliphatic carbocycles. The minimum absolute atomic E-state index is 0.0729. The van der Waals surface area contributed by atoms with Gasteiger partial charge in [0, 0.05) is 25.8 Å². The lowest BCUT2D eigenvalue weighted by molar-refractivity contribution is 0.0158. The van der Waals surface area contributed by atoms with Crippen molar-refractivity contribution >= 4 is 11.6 Å². The van der Waals surface area contributed by atoms with E-state index in [0.717, 1.165) is 31.7 Å². The first kappa shape index (κ1) is 15.9. The summed E-state index contributed by atoms with van der Waals surface area (Å²) in [7, 11) is 0. The Labute approximate surface area is 125 Å². The van der Waals surface area contributed by atoms with Crippen molar-refractivity contribution in [2.24, 2.45) is 0 Å². The summed E-state index contributed by atoms with van der Waals surface area (Å²) in [5, 5.41) is 8.78. The zero-order chi connectivity index (χ0) is 15.1. The van der Waals surface area contributed by atoms with Gasteiger partial charge in [0.2, 0.25) is 0 Å². The minimum Gasteiger partial charge on any atom is -0.394 e. The topological polar surface area (TPSA) is 93.7 Å². The molecule has 21 heavy (non-hydrogen) atoms. The number of aromatic nitrogens is 2. The van der Waals surface area contributed by atoms with Gasteiger partial charge in [0.1, 0.15) is 18.2 Å². The number of nitrogens with two attached hydrogens (primary N) is 1. The van der Waals surface area contributed by atoms with E-state index in [0.29, 0.717) is 31.5 Å². The summed E-state index contributed by atoms with van der Waals surface area (Å²) in [6.07, 6.45) is 2.06. The zero-order valence-corrected chi connectivity index (χ0v) is 12.5. The number of nitrogens with zero attached hydrogens (tertiary/aromatic N) is 3. The van der Waals surface area contributed by atoms with Gasteiger partial charge in [-0.3, -0.25) is 0 Å². The van der Waals surface area contributed by atoms with Gasteiger partial charge in [-0.25, -0.2) is 9.97 Å². The highest BCUT2D eigenvalue weighted by molar-refractivity contribution is 5.47. The van der Waals surface area contributed by atoms with Crippen LogP contribution in [0.3, 0.4) is 0 Å². The lowest BCUT2D eigenvalue weighted by Crippen LogP contribution is -2.38. The zero-order valence-electron chi connectivity index (χ0n) is 12.5. The van der Waals surface area contributed by atoms with E-state index >= 15 is 0 Å². The Kier molecular flexibility index (Phi) is 6.16. The van der Waals surface area contributed by atoms with Crippen LogP contribution in [0.4, 0.5) is 11.6 Å². The fourth-order valence-corrected chi connectivity index (χ4v) is 2.39. The first-order valence-electron chi connectivity index (χ1n) is 7.41. The van der Waals surface area contributed by atoms with Crippen molar-refractivity contribution in [3.8, 4) is 0 Å². The number of ether oxygens (including phenoxy) is 2. The van der Waals surface area contributed by atoms with E-state index in [9.17, 15) is 0 Å². The van der Waals surface area contributed by atoms with Crippen molar-refractivity contribution in [3.05, 3.63) is 11.9 Å². The van der Waals surface area contributed by atoms with Crippen molar-refractivity contribution < 1.29 is 14.6 Å². The Balaban J connectivity index is 1.94. The molecule has 0 aromatic carbocycles. The van der Waals surface area contributed by atoms with E-state index in [1.807, 2.05) is 6.92 Å². The molecule has 1 saturated heterocycles. The van der Waals surface area contributed by atoms with Crippen LogP contribution in [0.1, 0.15) is 25.6 Å². The maximum Gasteiger partial charge on any atom is 0.158 e. The summed E-state index contributed by atoms with van der Waals surface area (Å²) in [4.78, 5) is 10.9. The average Bonchev–Trinajstić information content (AvgIpc) is 2.51. The van der Waals surface area contributed by atoms with Crippen LogP contribution in [0.15, 0.2) is 6.07 Å². The number of hydrogen-bond acceptors (Lipinski definition) is 7. The highest BCUT2D eigenvalue weighted by Crippen LogP contribution is 2.21. The molecular weight excluding hydrogens is 272 g/mol. The van der Waals surface area contributed by atoms with Crippen molar-refractivity contribution in [2.75, 3.05) is 43.5 Å². The molecule has 1 aromatic heterocycles. The Hall–Kier alpha value is -1.44. The first-order chi connectivity index (χ1) is 10.2. The number of aliphatic hydroxyl groups is 1. The third kappa shape index (κ3) is 4.80. The number of nitrogen functional groups attached to an aromatic ring is 1. The summed E-state index contributed by atoms with van der Waals surface area (Å²) in [6, 6.07) is 1.80. The molecule has 1 fully saturated rings. The molecular formula is C14H24N4O3. The second kappa shape index (κ2) is 8.11. The third-order valence-electron chi connectivity index (χ3n) is 3.42. The largest absolute Gasteiger partial charge is 0.394 e. The Morgan fingerprint density at radius 3 is 2.81 bits per heavy atom. The Morgan fingerprint density at radius 2 is 2.14 bits per heavy atom. The monoisotopic (exact) mass is 296 g/mol. The number of hydrogen-bond donors (Lipinski definition) is 2. The molecule has 2 heterocycles. The smallest absolute Gasteiger partial charge is 0.158 e. The minimum atomic E-state index is 0.0729. The van der Waals surface area contributed by atoms with Crippen LogP contribution in [-0.2, 0) is 16.1 Å². The molecule has 0 bridgehead atoms. The van der Waals surface area contributed by atoms with Gasteiger partial charge in [-0.05, 0) is 19.8 Å². The molecule has 3 N–H and O–H groups in total. The van der Waals surface area contributed by atoms with Crippen LogP contribution in [-0.4, -0.2) is 54.1 Å². The molecule has 7 heteroatoms. The summed E-state index contributed by atoms with van der Waals surface area (Å²) < 4.78 is 10.9. The van der Waals surface area contributed by atoms with Crippen LogP contribution in [0.25, 0.3) is 0 Å². The number of anilines is 2. The van der Waals surface area contributed by atoms with Gasteiger partial charge in [0.05, 0.1) is 19.3 Å². The van der Waals surface area contributed by atoms with Crippen LogP contribution >= 0.6 is 0 Å². The Bertz CT molecular complexity index is 436. The quantitative estimate of drug-likeness (QED) is 0.759. The van der Waals surface area contributed by atoms with Crippen molar-refractivity contribution in [1.29, 1.82) is 0 Å². The van der Waals surface area contributed by atoms with Crippen molar-refractivity contribution in [1.82, 2.24) is 9.97 Å². The van der Waals surface area contributed by atoms with Gasteiger partial charge in [0.25, 0.3) is 0 Å². The van der Waals surface area contributed by atoms with Gasteiger partial charge in [-0.1, -0.05) is 0 Å². The summed E-state index contributed by atoms with van der Waals surface area (Å²) in [5.41, 5.74) is 5.85. The van der Waals surface area contributed by atoms with E-state index in [1.165, 1.54) is 0 Å². The number of rotatable bonds is 7. The maximum atomic E-state index is 8.78. The van der Waals surface area contributed by atoms with Crippen LogP contribution in [0, 0.1) is 0 Å². The molecule has 0 radical (unpaired) electrons. The van der Waals surface area contributed by atoms with E-state index in [4.69, 9.17) is 20.3 Å². The molecule has 1 aliphatic rings. The van der Waals surface area contributed by atoms with E-state index in [2.05, 4.69) is 14.9 Å². The van der Waals surface area contributed by atoms with Gasteiger partial charge in [-0.2, -0.15) is 0 Å². The molecule has 2 rings (SSSR count). The molecule has 118 valence electrons. The molecule has 0 amide bonds. The van der Waals surface area contributed by atoms with Crippen molar-refractivity contribution in [2.45, 2.75) is 32.5 Å². The number of piperidine rings is 1. The van der Waals surface area contributed by atoms with Gasteiger partial charge >= 0.3 is 0 Å². The van der Waals surface area contributed by atoms with Crippen molar-refractivity contribution in [3.63, 3.8) is 0 Å². The summed E-state index contributed by atoms with van der Waals surface area (Å²) in [5.74, 6) is 1.93. The van der Waals surface area contributed by atoms with Crippen LogP contribution < -0.4 is 10.6 Å². The molecule has 1 aliphatic heterocycles. The standard InChI is InChI=1S/C14H24N4O3/c1-2-20-10-13-16-12(15)9-14(17-13)18-5-3-11(4-6-18)21-8-7-19/h9,11,19H,2-8,10H2,1H3,(H2,15,16,17). The second-order valence-electron chi connectivity index (χ2n) is 4.99. The SMILES string of the molecule is CCOCc1nc(N)cc(N2CCC(OCCO)CC2)n1. The normalized spacial score (nSPS) is 16.4. The predicted molar refractivity (Wildman–Crippen MR) is 80.0 cm³/mol. The van der Waals surface area contributed by atoms with Gasteiger partial charge in [0.15, 0.2) is 5.82 Å². The van der Waals surface area contributed by atoms with Crippen LogP contribution in [0.5, 0.6) is 0 Å². The molecule has 0 spiro atoms. The fraction of sp³-hybridized carbons (Fsp3) is 0.714. The predicted octanol–water partition coefficient (Wildman–Crippen LogP) is 0.573. The van der Waals surface area contributed by atoms with E-state index in [1.54, 1.807) is 6.07 Å². The van der Waals surface area contributed by atoms with E-state index < -0.39 is 0 Å². The number of aliphatic hydroxyl groups excluding tert-OH is 1. The van der Waals surface area contributed by atoms with Gasteiger partial charge < -0.3 is 25.2 Å². The van der Waals surface area contributed by atoms with Crippen LogP contribution in [0.2, 0.25) is 0 Å². The first-order valence-corrected chi connectivity index (χ1v) is 7.41. The fourth-order valence-electron chi connectivity index (χ4n) is 2.39. The Morgan fingerprint density at radius 1 is 1.38 bits per heavy atom. The lowest BCUT2D eigenvalue weighted by atomic mass is 10.1. The highest BCUT2D eigenvalue weighted by Gasteiger charge is 2.21. The maximum absolute atomic E-state index is 8.78. The summed E-state index contributed by atoms with van der Waals surface area (Å²) >= 11 is 0. The average molecular weight is 296 g/mol. The molecule has 0 saturated carbocycles. The summed E-state index contributed by atoms with van der Waals surface area (Å²) in [6.45, 7) is 5.14. The van der Waals surface area contributed by atoms with Gasteiger partial charge in [-0.15, -0.1) is 0 Å². The molecule has 0 atom stereocenters. The third-order valence-corrected chi connectivity index (χ3v) is 3.42. The highest BCUT2D eigenvalue weighted by atomic mass is 16.5. The molecule has 7 nitrogen and oxygen atoms in total. The van der Waals surface area contributed by atoms with E-state index in [-0.39, 0.29) is 12.7 Å². The molecule has 0 unspecified atom stereocenters. The molecule has 1 aromatic rings. The second-order valence-corrected chi connectivity index (χ2v) is 4.99.